The molecule has 2 fully saturated rings. The zero-order valence-corrected chi connectivity index (χ0v) is 14.9. The van der Waals surface area contributed by atoms with Crippen LogP contribution in [0.1, 0.15) is 43.9 Å². The molecule has 0 aliphatic carbocycles. The Hall–Kier alpha value is -1.72. The summed E-state index contributed by atoms with van der Waals surface area (Å²) in [5, 5.41) is 7.76. The van der Waals surface area contributed by atoms with Crippen LogP contribution in [-0.4, -0.2) is 47.8 Å². The zero-order valence-electron chi connectivity index (χ0n) is 14.9. The highest BCUT2D eigenvalue weighted by Crippen LogP contribution is 2.29. The molecule has 1 atom stereocenters. The largest absolute Gasteiger partial charge is 0.339 e. The Balaban J connectivity index is 1.31. The highest BCUT2D eigenvalue weighted by molar-refractivity contribution is 5.53. The summed E-state index contributed by atoms with van der Waals surface area (Å²) in [7, 11) is 0. The lowest BCUT2D eigenvalue weighted by molar-refractivity contribution is 0.167. The standard InChI is InChI=1S/C20H28N4O/c1-2-7-17(8-3-1)19-22-20(25-23-19)18-9-12-24(13-10-18)15-16-6-4-5-11-21-14-16/h1-3,7-8,16,18,21H,4-6,9-15H2. The monoisotopic (exact) mass is 340 g/mol. The molecule has 5 nitrogen and oxygen atoms in total. The Morgan fingerprint density at radius 2 is 1.92 bits per heavy atom. The minimum absolute atomic E-state index is 0.411. The number of benzene rings is 1. The Morgan fingerprint density at radius 3 is 2.76 bits per heavy atom. The zero-order chi connectivity index (χ0) is 16.9. The van der Waals surface area contributed by atoms with Crippen molar-refractivity contribution < 1.29 is 4.52 Å². The molecule has 0 bridgehead atoms. The van der Waals surface area contributed by atoms with Gasteiger partial charge in [0, 0.05) is 18.0 Å². The predicted octanol–water partition coefficient (Wildman–Crippen LogP) is 3.31. The van der Waals surface area contributed by atoms with Crippen LogP contribution in [0.15, 0.2) is 34.9 Å². The molecule has 1 aromatic carbocycles. The molecule has 25 heavy (non-hydrogen) atoms. The summed E-state index contributed by atoms with van der Waals surface area (Å²) >= 11 is 0. The number of hydrogen-bond acceptors (Lipinski definition) is 5. The fraction of sp³-hybridized carbons (Fsp3) is 0.600. The Bertz CT molecular complexity index is 641. The second kappa shape index (κ2) is 8.11. The predicted molar refractivity (Wildman–Crippen MR) is 98.4 cm³/mol. The Morgan fingerprint density at radius 1 is 1.08 bits per heavy atom. The summed E-state index contributed by atoms with van der Waals surface area (Å²) in [5.41, 5.74) is 1.02. The van der Waals surface area contributed by atoms with Crippen LogP contribution in [0.3, 0.4) is 0 Å². The van der Waals surface area contributed by atoms with Crippen molar-refractivity contribution in [3.63, 3.8) is 0 Å². The second-order valence-corrected chi connectivity index (χ2v) is 7.46. The number of rotatable bonds is 4. The van der Waals surface area contributed by atoms with Crippen molar-refractivity contribution in [2.75, 3.05) is 32.7 Å². The third kappa shape index (κ3) is 4.28. The van der Waals surface area contributed by atoms with E-state index in [4.69, 9.17) is 4.52 Å². The lowest BCUT2D eigenvalue weighted by atomic mass is 9.95. The van der Waals surface area contributed by atoms with Gasteiger partial charge in [0.2, 0.25) is 11.7 Å². The highest BCUT2D eigenvalue weighted by atomic mass is 16.5. The van der Waals surface area contributed by atoms with E-state index < -0.39 is 0 Å². The number of nitrogens with zero attached hydrogens (tertiary/aromatic N) is 3. The van der Waals surface area contributed by atoms with Crippen LogP contribution < -0.4 is 5.32 Å². The fourth-order valence-corrected chi connectivity index (χ4v) is 4.08. The first-order valence-electron chi connectivity index (χ1n) is 9.70. The molecule has 1 aromatic heterocycles. The topological polar surface area (TPSA) is 54.2 Å². The third-order valence-electron chi connectivity index (χ3n) is 5.58. The molecule has 2 aliphatic rings. The molecule has 2 aliphatic heterocycles. The van der Waals surface area contributed by atoms with Crippen LogP contribution in [-0.2, 0) is 0 Å². The van der Waals surface area contributed by atoms with E-state index in [1.54, 1.807) is 0 Å². The molecule has 3 heterocycles. The minimum Gasteiger partial charge on any atom is -0.339 e. The smallest absolute Gasteiger partial charge is 0.230 e. The van der Waals surface area contributed by atoms with Crippen LogP contribution >= 0.6 is 0 Å². The van der Waals surface area contributed by atoms with Crippen molar-refractivity contribution in [2.45, 2.75) is 38.0 Å². The number of aromatic nitrogens is 2. The third-order valence-corrected chi connectivity index (χ3v) is 5.58. The molecule has 1 unspecified atom stereocenters. The van der Waals surface area contributed by atoms with Gasteiger partial charge in [-0.15, -0.1) is 0 Å². The van der Waals surface area contributed by atoms with Gasteiger partial charge in [0.15, 0.2) is 0 Å². The molecule has 1 N–H and O–H groups in total. The molecule has 2 saturated heterocycles. The Kier molecular flexibility index (Phi) is 5.43. The van der Waals surface area contributed by atoms with E-state index in [2.05, 4.69) is 20.4 Å². The molecule has 134 valence electrons. The SMILES string of the molecule is c1ccc(-c2noc(C3CCN(CC4CCCCNC4)CC3)n2)cc1. The minimum atomic E-state index is 0.411. The first-order valence-corrected chi connectivity index (χ1v) is 9.70. The number of nitrogens with one attached hydrogen (secondary N) is 1. The van der Waals surface area contributed by atoms with Crippen LogP contribution in [0.4, 0.5) is 0 Å². The van der Waals surface area contributed by atoms with E-state index in [-0.39, 0.29) is 0 Å². The van der Waals surface area contributed by atoms with Crippen molar-refractivity contribution in [1.29, 1.82) is 0 Å². The van der Waals surface area contributed by atoms with Crippen LogP contribution in [0.5, 0.6) is 0 Å². The lowest BCUT2D eigenvalue weighted by Crippen LogP contribution is -2.38. The average molecular weight is 340 g/mol. The van der Waals surface area contributed by atoms with Crippen molar-refractivity contribution >= 4 is 0 Å². The van der Waals surface area contributed by atoms with Gasteiger partial charge >= 0.3 is 0 Å². The average Bonchev–Trinajstić information content (AvgIpc) is 3.02. The summed E-state index contributed by atoms with van der Waals surface area (Å²) in [4.78, 5) is 7.28. The molecule has 0 spiro atoms. The van der Waals surface area contributed by atoms with Gasteiger partial charge in [-0.1, -0.05) is 41.9 Å². The molecular weight excluding hydrogens is 312 g/mol. The first-order chi connectivity index (χ1) is 12.4. The maximum atomic E-state index is 5.57. The maximum Gasteiger partial charge on any atom is 0.230 e. The van der Waals surface area contributed by atoms with Crippen molar-refractivity contribution in [3.05, 3.63) is 36.2 Å². The van der Waals surface area contributed by atoms with E-state index in [1.165, 1.54) is 38.9 Å². The van der Waals surface area contributed by atoms with E-state index in [9.17, 15) is 0 Å². The molecular formula is C20H28N4O. The molecule has 5 heteroatoms. The quantitative estimate of drug-likeness (QED) is 0.925. The summed E-state index contributed by atoms with van der Waals surface area (Å²) in [6.45, 7) is 5.90. The van der Waals surface area contributed by atoms with Gasteiger partial charge in [0.1, 0.15) is 0 Å². The Labute approximate surface area is 149 Å². The highest BCUT2D eigenvalue weighted by Gasteiger charge is 2.26. The molecule has 0 saturated carbocycles. The normalized spacial score (nSPS) is 23.4. The summed E-state index contributed by atoms with van der Waals surface area (Å²) in [5.74, 6) is 2.75. The van der Waals surface area contributed by atoms with Gasteiger partial charge in [-0.05, 0) is 57.8 Å². The molecule has 0 radical (unpaired) electrons. The van der Waals surface area contributed by atoms with Crippen LogP contribution in [0.2, 0.25) is 0 Å². The number of hydrogen-bond donors (Lipinski definition) is 1. The first kappa shape index (κ1) is 16.7. The summed E-state index contributed by atoms with van der Waals surface area (Å²) in [6.07, 6.45) is 6.32. The van der Waals surface area contributed by atoms with Gasteiger partial charge in [-0.25, -0.2) is 0 Å². The van der Waals surface area contributed by atoms with E-state index >= 15 is 0 Å². The summed E-state index contributed by atoms with van der Waals surface area (Å²) in [6, 6.07) is 10.1. The van der Waals surface area contributed by atoms with Gasteiger partial charge in [0.25, 0.3) is 0 Å². The van der Waals surface area contributed by atoms with Crippen molar-refractivity contribution in [2.24, 2.45) is 5.92 Å². The van der Waals surface area contributed by atoms with Gasteiger partial charge in [-0.3, -0.25) is 0 Å². The maximum absolute atomic E-state index is 5.57. The molecule has 2 aromatic rings. The van der Waals surface area contributed by atoms with Gasteiger partial charge in [-0.2, -0.15) is 4.98 Å². The lowest BCUT2D eigenvalue weighted by Gasteiger charge is -2.32. The molecule has 4 rings (SSSR count). The van der Waals surface area contributed by atoms with Crippen molar-refractivity contribution in [1.82, 2.24) is 20.4 Å². The van der Waals surface area contributed by atoms with E-state index in [0.717, 1.165) is 43.3 Å². The fourth-order valence-electron chi connectivity index (χ4n) is 4.08. The van der Waals surface area contributed by atoms with Crippen LogP contribution in [0.25, 0.3) is 11.4 Å². The number of piperidine rings is 1. The number of likely N-dealkylation sites (tertiary alicyclic amines) is 1. The van der Waals surface area contributed by atoms with E-state index in [0.29, 0.717) is 11.7 Å². The summed E-state index contributed by atoms with van der Waals surface area (Å²) < 4.78 is 5.57. The van der Waals surface area contributed by atoms with E-state index in [1.807, 2.05) is 30.3 Å². The van der Waals surface area contributed by atoms with Gasteiger partial charge < -0.3 is 14.7 Å². The molecule has 0 amide bonds. The van der Waals surface area contributed by atoms with Crippen molar-refractivity contribution in [3.8, 4) is 11.4 Å². The second-order valence-electron chi connectivity index (χ2n) is 7.46. The van der Waals surface area contributed by atoms with Gasteiger partial charge in [0.05, 0.1) is 0 Å². The van der Waals surface area contributed by atoms with Crippen LogP contribution in [0, 0.1) is 5.92 Å².